The van der Waals surface area contributed by atoms with Gasteiger partial charge in [0.2, 0.25) is 0 Å². The lowest BCUT2D eigenvalue weighted by atomic mass is 10.3. The Labute approximate surface area is 91.4 Å². The van der Waals surface area contributed by atoms with Crippen LogP contribution in [0.25, 0.3) is 0 Å². The molecule has 7 heteroatoms. The van der Waals surface area contributed by atoms with E-state index in [-0.39, 0.29) is 11.7 Å². The van der Waals surface area contributed by atoms with Gasteiger partial charge in [0.05, 0.1) is 0 Å². The zero-order chi connectivity index (χ0) is 12.6. The van der Waals surface area contributed by atoms with Gasteiger partial charge in [-0.15, -0.1) is 0 Å². The fraction of sp³-hybridized carbons (Fsp3) is 0.111. The summed E-state index contributed by atoms with van der Waals surface area (Å²) < 4.78 is 4.72. The quantitative estimate of drug-likeness (QED) is 0.239. The number of rotatable bonds is 1. The molecule has 0 aliphatic heterocycles. The number of urea groups is 1. The molecule has 88 valence electrons. The number of nitrogens with two attached hydrogens (primary N) is 1. The predicted octanol–water partition coefficient (Wildman–Crippen LogP) is 0.361. The van der Waals surface area contributed by atoms with E-state index in [0.29, 0.717) is 5.75 Å². The minimum atomic E-state index is -0.940. The van der Waals surface area contributed by atoms with E-state index in [1.54, 1.807) is 0 Å². The first-order chi connectivity index (χ1) is 7.45. The Balaban J connectivity index is 0.000000385. The molecule has 0 atom stereocenters. The number of esters is 1. The standard InChI is InChI=1S/C8H8O3.CH4N2O2/c1-6(9)11-8-4-2-7(10)3-5-8;2-1(4)3-5/h2-5,10H,1H3;5H,(H3,2,3,4). The highest BCUT2D eigenvalue weighted by Gasteiger charge is 1.95. The van der Waals surface area contributed by atoms with Crippen LogP contribution in [0.4, 0.5) is 4.79 Å². The smallest absolute Gasteiger partial charge is 0.335 e. The van der Waals surface area contributed by atoms with Crippen LogP contribution < -0.4 is 16.0 Å². The van der Waals surface area contributed by atoms with Crippen molar-refractivity contribution in [1.29, 1.82) is 0 Å². The summed E-state index contributed by atoms with van der Waals surface area (Å²) in [6.45, 7) is 1.33. The highest BCUT2D eigenvalue weighted by molar-refractivity contribution is 5.70. The fourth-order valence-corrected chi connectivity index (χ4v) is 0.680. The number of hydroxylamine groups is 1. The maximum atomic E-state index is 10.4. The largest absolute Gasteiger partial charge is 0.508 e. The lowest BCUT2D eigenvalue weighted by molar-refractivity contribution is -0.131. The second kappa shape index (κ2) is 7.07. The second-order valence-electron chi connectivity index (χ2n) is 2.56. The van der Waals surface area contributed by atoms with Crippen LogP contribution in [-0.4, -0.2) is 22.3 Å². The molecule has 0 saturated heterocycles. The topological polar surface area (TPSA) is 122 Å². The molecule has 0 fully saturated rings. The van der Waals surface area contributed by atoms with Crippen molar-refractivity contribution in [3.63, 3.8) is 0 Å². The van der Waals surface area contributed by atoms with Gasteiger partial charge in [0.25, 0.3) is 0 Å². The van der Waals surface area contributed by atoms with Crippen molar-refractivity contribution in [3.8, 4) is 11.5 Å². The molecule has 2 amide bonds. The predicted molar refractivity (Wildman–Crippen MR) is 53.9 cm³/mol. The number of aromatic hydroxyl groups is 1. The lowest BCUT2D eigenvalue weighted by Gasteiger charge is -1.99. The summed E-state index contributed by atoms with van der Waals surface area (Å²) in [6, 6.07) is 5.02. The zero-order valence-electron chi connectivity index (χ0n) is 8.51. The molecule has 0 bridgehead atoms. The lowest BCUT2D eigenvalue weighted by Crippen LogP contribution is -2.25. The minimum Gasteiger partial charge on any atom is -0.508 e. The molecule has 0 aromatic heterocycles. The number of phenols is 1. The maximum absolute atomic E-state index is 10.4. The van der Waals surface area contributed by atoms with Gasteiger partial charge in [-0.1, -0.05) is 0 Å². The van der Waals surface area contributed by atoms with Gasteiger partial charge in [0.1, 0.15) is 11.5 Å². The number of hydrogen-bond acceptors (Lipinski definition) is 5. The number of phenolic OH excluding ortho intramolecular Hbond substituents is 1. The van der Waals surface area contributed by atoms with E-state index in [1.165, 1.54) is 36.7 Å². The van der Waals surface area contributed by atoms with Gasteiger partial charge in [0.15, 0.2) is 0 Å². The molecule has 16 heavy (non-hydrogen) atoms. The average molecular weight is 228 g/mol. The Kier molecular flexibility index (Phi) is 6.06. The molecule has 0 spiro atoms. The minimum absolute atomic E-state index is 0.154. The monoisotopic (exact) mass is 228 g/mol. The van der Waals surface area contributed by atoms with Gasteiger partial charge in [-0.3, -0.25) is 10.0 Å². The number of carbonyl (C=O) groups excluding carboxylic acids is 2. The Morgan fingerprint density at radius 3 is 2.06 bits per heavy atom. The van der Waals surface area contributed by atoms with Crippen molar-refractivity contribution in [3.05, 3.63) is 24.3 Å². The third-order valence-corrected chi connectivity index (χ3v) is 1.21. The highest BCUT2D eigenvalue weighted by atomic mass is 16.5. The van der Waals surface area contributed by atoms with Gasteiger partial charge >= 0.3 is 12.0 Å². The van der Waals surface area contributed by atoms with Crippen molar-refractivity contribution >= 4 is 12.0 Å². The van der Waals surface area contributed by atoms with E-state index in [4.69, 9.17) is 15.1 Å². The van der Waals surface area contributed by atoms with Crippen LogP contribution in [0.3, 0.4) is 0 Å². The van der Waals surface area contributed by atoms with E-state index in [2.05, 4.69) is 5.73 Å². The summed E-state index contributed by atoms with van der Waals surface area (Å²) >= 11 is 0. The van der Waals surface area contributed by atoms with Crippen LogP contribution in [0.2, 0.25) is 0 Å². The van der Waals surface area contributed by atoms with Gasteiger partial charge in [-0.2, -0.15) is 0 Å². The number of carbonyl (C=O) groups is 2. The van der Waals surface area contributed by atoms with Crippen molar-refractivity contribution in [2.24, 2.45) is 5.73 Å². The number of amides is 2. The molecular weight excluding hydrogens is 216 g/mol. The number of hydrogen-bond donors (Lipinski definition) is 4. The average Bonchev–Trinajstić information content (AvgIpc) is 2.22. The second-order valence-corrected chi connectivity index (χ2v) is 2.56. The Hall–Kier alpha value is -2.28. The van der Waals surface area contributed by atoms with Crippen LogP contribution in [0.5, 0.6) is 11.5 Å². The van der Waals surface area contributed by atoms with Crippen molar-refractivity contribution in [2.75, 3.05) is 0 Å². The molecule has 1 aromatic carbocycles. The molecule has 7 nitrogen and oxygen atoms in total. The summed E-state index contributed by atoms with van der Waals surface area (Å²) in [5.74, 6) is 0.229. The van der Waals surface area contributed by atoms with Crippen LogP contribution in [0.1, 0.15) is 6.92 Å². The molecule has 0 heterocycles. The first kappa shape index (κ1) is 13.7. The van der Waals surface area contributed by atoms with Gasteiger partial charge in [-0.05, 0) is 24.3 Å². The normalized spacial score (nSPS) is 8.38. The summed E-state index contributed by atoms with van der Waals surface area (Å²) in [4.78, 5) is 19.6. The molecule has 0 aliphatic rings. The van der Waals surface area contributed by atoms with E-state index < -0.39 is 6.03 Å². The summed E-state index contributed by atoms with van der Waals surface area (Å²) in [5, 5.41) is 16.3. The van der Waals surface area contributed by atoms with Crippen LogP contribution in [0, 0.1) is 0 Å². The molecular formula is C9H12N2O5. The number of primary amides is 1. The highest BCUT2D eigenvalue weighted by Crippen LogP contribution is 2.15. The summed E-state index contributed by atoms with van der Waals surface area (Å²) in [7, 11) is 0. The Morgan fingerprint density at radius 1 is 1.31 bits per heavy atom. The van der Waals surface area contributed by atoms with E-state index >= 15 is 0 Å². The first-order valence-electron chi connectivity index (χ1n) is 4.12. The maximum Gasteiger partial charge on any atom is 0.335 e. The molecule has 5 N–H and O–H groups in total. The molecule has 0 saturated carbocycles. The van der Waals surface area contributed by atoms with Gasteiger partial charge in [0, 0.05) is 6.92 Å². The van der Waals surface area contributed by atoms with Crippen molar-refractivity contribution in [2.45, 2.75) is 6.92 Å². The van der Waals surface area contributed by atoms with Gasteiger partial charge in [-0.25, -0.2) is 10.3 Å². The number of nitrogens with one attached hydrogen (secondary N) is 1. The molecule has 0 unspecified atom stereocenters. The number of ether oxygens (including phenoxy) is 1. The summed E-state index contributed by atoms with van der Waals surface area (Å²) in [6.07, 6.45) is 0. The first-order valence-corrected chi connectivity index (χ1v) is 4.12. The van der Waals surface area contributed by atoms with E-state index in [9.17, 15) is 9.59 Å². The fourth-order valence-electron chi connectivity index (χ4n) is 0.680. The van der Waals surface area contributed by atoms with Crippen molar-refractivity contribution in [1.82, 2.24) is 5.48 Å². The van der Waals surface area contributed by atoms with Crippen LogP contribution >= 0.6 is 0 Å². The molecule has 0 radical (unpaired) electrons. The third-order valence-electron chi connectivity index (χ3n) is 1.21. The Bertz CT molecular complexity index is 349. The molecule has 0 aliphatic carbocycles. The van der Waals surface area contributed by atoms with E-state index in [1.807, 2.05) is 0 Å². The Morgan fingerprint density at radius 2 is 1.75 bits per heavy atom. The third kappa shape index (κ3) is 7.15. The van der Waals surface area contributed by atoms with Crippen molar-refractivity contribution < 1.29 is 24.6 Å². The van der Waals surface area contributed by atoms with Crippen LogP contribution in [0.15, 0.2) is 24.3 Å². The molecule has 1 aromatic rings. The summed E-state index contributed by atoms with van der Waals surface area (Å²) in [5.41, 5.74) is 5.46. The van der Waals surface area contributed by atoms with Gasteiger partial charge < -0.3 is 15.6 Å². The van der Waals surface area contributed by atoms with E-state index in [0.717, 1.165) is 0 Å². The van der Waals surface area contributed by atoms with Crippen LogP contribution in [-0.2, 0) is 4.79 Å². The molecule has 1 rings (SSSR count). The SMILES string of the molecule is CC(=O)Oc1ccc(O)cc1.NC(=O)NO. The zero-order valence-corrected chi connectivity index (χ0v) is 8.51. The number of benzene rings is 1.